The number of carbonyl (C=O) groups is 1. The van der Waals surface area contributed by atoms with Crippen molar-refractivity contribution in [3.8, 4) is 16.9 Å². The summed E-state index contributed by atoms with van der Waals surface area (Å²) in [6.45, 7) is 0. The summed E-state index contributed by atoms with van der Waals surface area (Å²) in [6, 6.07) is 37.3. The molecule has 4 aliphatic rings. The van der Waals surface area contributed by atoms with Crippen molar-refractivity contribution >= 4 is 22.9 Å². The lowest BCUT2D eigenvalue weighted by atomic mass is 9.87. The standard InChI is InChI=1S/C39H31N3O2/c1-40(2)28-25-23-27(24-26-28)35(36-31-19-11-5-13-21-33(31)41(38(36)43)29-15-7-3-8-16-29)37-32-20-12-6-14-22-34(32)42(39(37)44)30-17-9-4-10-18-30/h3-19,21-26H,20H2,1-2H3. The lowest BCUT2D eigenvalue weighted by Crippen LogP contribution is -2.26. The van der Waals surface area contributed by atoms with Crippen LogP contribution in [0.25, 0.3) is 22.5 Å². The van der Waals surface area contributed by atoms with Crippen LogP contribution >= 0.6 is 0 Å². The Kier molecular flexibility index (Phi) is 6.91. The van der Waals surface area contributed by atoms with Gasteiger partial charge in [0.2, 0.25) is 0 Å². The van der Waals surface area contributed by atoms with E-state index in [4.69, 9.17) is 0 Å². The minimum absolute atomic E-state index is 0.145. The van der Waals surface area contributed by atoms with Gasteiger partial charge in [0.1, 0.15) is 0 Å². The molecule has 3 aromatic carbocycles. The van der Waals surface area contributed by atoms with E-state index in [9.17, 15) is 9.59 Å². The number of anilines is 2. The SMILES string of the molecule is CN(C)c1ccc(C(=C2C(=O)N(c3ccccc3)C3=C2CC=CC=C3)c2c3cccccc-3n(-c3ccccc3)c2=O)cc1. The Hall–Kier alpha value is -5.68. The zero-order chi connectivity index (χ0) is 30.2. The maximum Gasteiger partial charge on any atom is 0.264 e. The van der Waals surface area contributed by atoms with Gasteiger partial charge in [-0.3, -0.25) is 19.1 Å². The van der Waals surface area contributed by atoms with Crippen LogP contribution in [0, 0.1) is 0 Å². The van der Waals surface area contributed by atoms with Gasteiger partial charge in [0.25, 0.3) is 11.5 Å². The van der Waals surface area contributed by atoms with E-state index in [-0.39, 0.29) is 11.5 Å². The number of hydrogen-bond acceptors (Lipinski definition) is 3. The quantitative estimate of drug-likeness (QED) is 0.203. The number of carbonyl (C=O) groups excluding carboxylic acids is 1. The third kappa shape index (κ3) is 4.50. The Morgan fingerprint density at radius 2 is 1.34 bits per heavy atom. The molecule has 0 bridgehead atoms. The van der Waals surface area contributed by atoms with Gasteiger partial charge >= 0.3 is 0 Å². The molecule has 0 radical (unpaired) electrons. The van der Waals surface area contributed by atoms with Crippen LogP contribution in [0.15, 0.2) is 161 Å². The highest BCUT2D eigenvalue weighted by Crippen LogP contribution is 2.44. The Balaban J connectivity index is 1.60. The number of para-hydroxylation sites is 2. The number of rotatable bonds is 5. The molecule has 44 heavy (non-hydrogen) atoms. The Labute approximate surface area is 257 Å². The Morgan fingerprint density at radius 1 is 0.705 bits per heavy atom. The topological polar surface area (TPSA) is 45.6 Å². The van der Waals surface area contributed by atoms with Crippen molar-refractivity contribution in [1.29, 1.82) is 0 Å². The van der Waals surface area contributed by atoms with Crippen molar-refractivity contribution in [2.45, 2.75) is 6.42 Å². The first-order chi connectivity index (χ1) is 21.5. The monoisotopic (exact) mass is 573 g/mol. The highest BCUT2D eigenvalue weighted by atomic mass is 16.2. The van der Waals surface area contributed by atoms with Crippen LogP contribution in [0.4, 0.5) is 11.4 Å². The molecular formula is C39H31N3O2. The Bertz CT molecular complexity index is 2030. The second-order valence-corrected chi connectivity index (χ2v) is 11.1. The zero-order valence-electron chi connectivity index (χ0n) is 24.6. The molecule has 5 nitrogen and oxygen atoms in total. The summed E-state index contributed by atoms with van der Waals surface area (Å²) in [5, 5.41) is 0. The van der Waals surface area contributed by atoms with E-state index in [2.05, 4.69) is 6.08 Å². The Morgan fingerprint density at radius 3 is 2.02 bits per heavy atom. The lowest BCUT2D eigenvalue weighted by Gasteiger charge is -2.19. The zero-order valence-corrected chi connectivity index (χ0v) is 24.6. The highest BCUT2D eigenvalue weighted by molar-refractivity contribution is 6.21. The van der Waals surface area contributed by atoms with Crippen LogP contribution in [0.5, 0.6) is 0 Å². The summed E-state index contributed by atoms with van der Waals surface area (Å²) in [6.07, 6.45) is 8.61. The minimum Gasteiger partial charge on any atom is -0.378 e. The fourth-order valence-electron chi connectivity index (χ4n) is 6.19. The molecule has 0 saturated carbocycles. The molecule has 7 rings (SSSR count). The maximum atomic E-state index is 14.8. The maximum absolute atomic E-state index is 14.8. The summed E-state index contributed by atoms with van der Waals surface area (Å²) >= 11 is 0. The van der Waals surface area contributed by atoms with Crippen LogP contribution in [0.1, 0.15) is 17.5 Å². The molecule has 0 aromatic heterocycles. The van der Waals surface area contributed by atoms with Gasteiger partial charge in [-0.05, 0) is 66.1 Å². The smallest absolute Gasteiger partial charge is 0.264 e. The minimum atomic E-state index is -0.163. The predicted octanol–water partition coefficient (Wildman–Crippen LogP) is 7.63. The third-order valence-electron chi connectivity index (χ3n) is 8.24. The largest absolute Gasteiger partial charge is 0.378 e. The van der Waals surface area contributed by atoms with E-state index in [0.29, 0.717) is 23.1 Å². The number of aromatic nitrogens is 1. The van der Waals surface area contributed by atoms with Crippen LogP contribution < -0.4 is 15.4 Å². The molecule has 0 spiro atoms. The molecule has 0 unspecified atom stereocenters. The van der Waals surface area contributed by atoms with E-state index in [0.717, 1.165) is 45.2 Å². The van der Waals surface area contributed by atoms with Crippen LogP contribution in [-0.2, 0) is 4.79 Å². The second-order valence-electron chi connectivity index (χ2n) is 11.1. The van der Waals surface area contributed by atoms with Crippen molar-refractivity contribution in [2.75, 3.05) is 23.9 Å². The molecule has 0 N–H and O–H groups in total. The first-order valence-corrected chi connectivity index (χ1v) is 14.7. The van der Waals surface area contributed by atoms with E-state index >= 15 is 0 Å². The molecule has 5 heteroatoms. The second kappa shape index (κ2) is 11.2. The van der Waals surface area contributed by atoms with Crippen molar-refractivity contribution in [2.24, 2.45) is 0 Å². The predicted molar refractivity (Wildman–Crippen MR) is 179 cm³/mol. The molecule has 1 amide bonds. The van der Waals surface area contributed by atoms with Gasteiger partial charge in [-0.25, -0.2) is 0 Å². The van der Waals surface area contributed by atoms with E-state index in [1.807, 2.05) is 152 Å². The number of benzene rings is 3. The van der Waals surface area contributed by atoms with E-state index in [1.165, 1.54) is 0 Å². The molecule has 0 fully saturated rings. The molecule has 2 aliphatic carbocycles. The van der Waals surface area contributed by atoms with Crippen LogP contribution in [-0.4, -0.2) is 24.6 Å². The summed E-state index contributed by atoms with van der Waals surface area (Å²) in [5.41, 5.74) is 8.25. The fourth-order valence-corrected chi connectivity index (χ4v) is 6.19. The number of allylic oxidation sites excluding steroid dienone is 4. The number of hydrogen-bond donors (Lipinski definition) is 0. The van der Waals surface area contributed by atoms with Gasteiger partial charge < -0.3 is 4.90 Å². The molecular weight excluding hydrogens is 542 g/mol. The summed E-state index contributed by atoms with van der Waals surface area (Å²) in [5.74, 6) is -0.145. The van der Waals surface area contributed by atoms with E-state index < -0.39 is 0 Å². The normalized spacial score (nSPS) is 15.5. The molecule has 3 aromatic rings. The van der Waals surface area contributed by atoms with Crippen molar-refractivity contribution in [3.05, 3.63) is 178 Å². The van der Waals surface area contributed by atoms with Gasteiger partial charge in [0, 0.05) is 42.3 Å². The summed E-state index contributed by atoms with van der Waals surface area (Å²) in [4.78, 5) is 33.4. The van der Waals surface area contributed by atoms with Gasteiger partial charge in [-0.2, -0.15) is 0 Å². The van der Waals surface area contributed by atoms with Gasteiger partial charge in [-0.1, -0.05) is 91.0 Å². The van der Waals surface area contributed by atoms with Crippen LogP contribution in [0.3, 0.4) is 0 Å². The molecule has 2 aliphatic heterocycles. The lowest BCUT2D eigenvalue weighted by molar-refractivity contribution is -0.114. The molecule has 2 heterocycles. The highest BCUT2D eigenvalue weighted by Gasteiger charge is 2.39. The summed E-state index contributed by atoms with van der Waals surface area (Å²) < 4.78 is 1.76. The van der Waals surface area contributed by atoms with E-state index in [1.54, 1.807) is 9.47 Å². The molecule has 214 valence electrons. The van der Waals surface area contributed by atoms with Gasteiger partial charge in [0.05, 0.1) is 22.5 Å². The van der Waals surface area contributed by atoms with Crippen molar-refractivity contribution < 1.29 is 4.79 Å². The number of nitrogens with zero attached hydrogens (tertiary/aromatic N) is 3. The van der Waals surface area contributed by atoms with Gasteiger partial charge in [0.15, 0.2) is 0 Å². The first-order valence-electron chi connectivity index (χ1n) is 14.7. The average molecular weight is 574 g/mol. The third-order valence-corrected chi connectivity index (χ3v) is 8.24. The van der Waals surface area contributed by atoms with Crippen LogP contribution in [0.2, 0.25) is 0 Å². The molecule has 0 atom stereocenters. The van der Waals surface area contributed by atoms with Crippen molar-refractivity contribution in [1.82, 2.24) is 4.57 Å². The molecule has 0 saturated heterocycles. The fraction of sp³-hybridized carbons (Fsp3) is 0.0769. The summed E-state index contributed by atoms with van der Waals surface area (Å²) in [7, 11) is 3.99. The average Bonchev–Trinajstić information content (AvgIpc) is 3.24. The first kappa shape index (κ1) is 27.2. The van der Waals surface area contributed by atoms with Gasteiger partial charge in [-0.15, -0.1) is 0 Å². The van der Waals surface area contributed by atoms with Crippen molar-refractivity contribution in [3.63, 3.8) is 0 Å². The number of amides is 1. The number of fused-ring (bicyclic) bond motifs is 1.